The molecule has 0 heterocycles. The van der Waals surface area contributed by atoms with E-state index in [2.05, 4.69) is 48.5 Å². The molecule has 2 heteroatoms. The van der Waals surface area contributed by atoms with Gasteiger partial charge in [-0.1, -0.05) is 0 Å². The smallest absolute Gasteiger partial charge is 0.110 e. The van der Waals surface area contributed by atoms with E-state index in [-0.39, 0.29) is 6.61 Å². The van der Waals surface area contributed by atoms with Gasteiger partial charge in [0, 0.05) is 0 Å². The minimum absolute atomic E-state index is 0.272. The minimum atomic E-state index is 0.272. The lowest BCUT2D eigenvalue weighted by atomic mass is 10.0. The molecule has 0 aliphatic rings. The molecular formula is C12H28NO+. The molecule has 0 aromatic heterocycles. The van der Waals surface area contributed by atoms with Gasteiger partial charge in [0.05, 0.1) is 24.7 Å². The van der Waals surface area contributed by atoms with Gasteiger partial charge in [0.2, 0.25) is 0 Å². The molecular weight excluding hydrogens is 174 g/mol. The van der Waals surface area contributed by atoms with Crippen LogP contribution in [0.4, 0.5) is 0 Å². The molecule has 86 valence electrons. The molecule has 0 radical (unpaired) electrons. The molecule has 0 fully saturated rings. The third-order valence-corrected chi connectivity index (χ3v) is 3.71. The van der Waals surface area contributed by atoms with E-state index in [0.717, 1.165) is 4.48 Å². The van der Waals surface area contributed by atoms with Crippen LogP contribution >= 0.6 is 0 Å². The molecule has 1 atom stereocenters. The van der Waals surface area contributed by atoms with E-state index in [4.69, 9.17) is 0 Å². The van der Waals surface area contributed by atoms with Crippen molar-refractivity contribution in [2.45, 2.75) is 72.6 Å². The summed E-state index contributed by atoms with van der Waals surface area (Å²) in [5, 5.41) is 9.40. The highest BCUT2D eigenvalue weighted by molar-refractivity contribution is 4.64. The van der Waals surface area contributed by atoms with Crippen LogP contribution in [0.3, 0.4) is 0 Å². The Morgan fingerprint density at radius 3 is 1.14 bits per heavy atom. The first-order chi connectivity index (χ1) is 6.31. The van der Waals surface area contributed by atoms with Gasteiger partial charge < -0.3 is 9.59 Å². The summed E-state index contributed by atoms with van der Waals surface area (Å²) in [5.74, 6) is 0. The predicted octanol–water partition coefficient (Wildman–Crippen LogP) is 2.41. The predicted molar refractivity (Wildman–Crippen MR) is 62.2 cm³/mol. The number of quaternary nitrogens is 1. The Hall–Kier alpha value is -0.0800. The summed E-state index contributed by atoms with van der Waals surface area (Å²) in [4.78, 5) is 0. The van der Waals surface area contributed by atoms with Crippen LogP contribution in [0.25, 0.3) is 0 Å². The van der Waals surface area contributed by atoms with Crippen LogP contribution in [0.5, 0.6) is 0 Å². The molecule has 0 bridgehead atoms. The third kappa shape index (κ3) is 2.12. The topological polar surface area (TPSA) is 20.2 Å². The van der Waals surface area contributed by atoms with Crippen LogP contribution in [0, 0.1) is 0 Å². The summed E-state index contributed by atoms with van der Waals surface area (Å²) >= 11 is 0. The van der Waals surface area contributed by atoms with Crippen molar-refractivity contribution in [1.29, 1.82) is 0 Å². The highest BCUT2D eigenvalue weighted by atomic mass is 16.3. The van der Waals surface area contributed by atoms with Gasteiger partial charge in [-0.3, -0.25) is 0 Å². The Morgan fingerprint density at radius 1 is 0.786 bits per heavy atom. The Morgan fingerprint density at radius 2 is 1.07 bits per heavy atom. The first-order valence-corrected chi connectivity index (χ1v) is 5.80. The summed E-state index contributed by atoms with van der Waals surface area (Å²) in [6.45, 7) is 16.0. The lowest BCUT2D eigenvalue weighted by molar-refractivity contribution is -1.00. The molecule has 1 N–H and O–H groups in total. The maximum absolute atomic E-state index is 9.40. The number of aliphatic hydroxyl groups is 1. The maximum Gasteiger partial charge on any atom is 0.110 e. The zero-order valence-electron chi connectivity index (χ0n) is 10.9. The normalized spacial score (nSPS) is 15.6. The molecule has 0 amide bonds. The highest BCUT2D eigenvalue weighted by Crippen LogP contribution is 2.28. The molecule has 0 aliphatic heterocycles. The number of aliphatic hydroxyl groups excluding tert-OH is 1. The van der Waals surface area contributed by atoms with Crippen LogP contribution in [-0.2, 0) is 0 Å². The van der Waals surface area contributed by atoms with Gasteiger partial charge in [0.15, 0.2) is 0 Å². The second kappa shape index (κ2) is 5.13. The quantitative estimate of drug-likeness (QED) is 0.679. The average Bonchev–Trinajstić information content (AvgIpc) is 2.02. The van der Waals surface area contributed by atoms with Gasteiger partial charge in [-0.25, -0.2) is 0 Å². The molecule has 0 aromatic rings. The average molecular weight is 202 g/mol. The third-order valence-electron chi connectivity index (χ3n) is 3.71. The number of rotatable bonds is 5. The van der Waals surface area contributed by atoms with Crippen molar-refractivity contribution in [3.63, 3.8) is 0 Å². The van der Waals surface area contributed by atoms with Crippen molar-refractivity contribution >= 4 is 0 Å². The van der Waals surface area contributed by atoms with Crippen LogP contribution < -0.4 is 0 Å². The van der Waals surface area contributed by atoms with Gasteiger partial charge >= 0.3 is 0 Å². The van der Waals surface area contributed by atoms with Crippen LogP contribution in [0.15, 0.2) is 0 Å². The van der Waals surface area contributed by atoms with Crippen molar-refractivity contribution in [1.82, 2.24) is 0 Å². The highest BCUT2D eigenvalue weighted by Gasteiger charge is 2.42. The lowest BCUT2D eigenvalue weighted by Crippen LogP contribution is -2.67. The summed E-state index contributed by atoms with van der Waals surface area (Å²) in [5.41, 5.74) is 0. The van der Waals surface area contributed by atoms with E-state index in [0.29, 0.717) is 24.2 Å². The van der Waals surface area contributed by atoms with E-state index in [1.165, 1.54) is 0 Å². The molecule has 0 saturated carbocycles. The second-order valence-corrected chi connectivity index (χ2v) is 5.21. The molecule has 0 rings (SSSR count). The van der Waals surface area contributed by atoms with Crippen LogP contribution in [0.1, 0.15) is 48.5 Å². The summed E-state index contributed by atoms with van der Waals surface area (Å²) in [7, 11) is 0. The maximum atomic E-state index is 9.40. The molecule has 0 spiro atoms. The van der Waals surface area contributed by atoms with Gasteiger partial charge in [-0.15, -0.1) is 0 Å². The fourth-order valence-electron chi connectivity index (χ4n) is 3.46. The molecule has 1 unspecified atom stereocenters. The van der Waals surface area contributed by atoms with Gasteiger partial charge in [-0.2, -0.15) is 0 Å². The fraction of sp³-hybridized carbons (Fsp3) is 1.00. The van der Waals surface area contributed by atoms with E-state index >= 15 is 0 Å². The van der Waals surface area contributed by atoms with E-state index < -0.39 is 0 Å². The number of nitrogens with zero attached hydrogens (tertiary/aromatic N) is 1. The monoisotopic (exact) mass is 202 g/mol. The molecule has 0 saturated heterocycles. The zero-order valence-corrected chi connectivity index (χ0v) is 10.9. The summed E-state index contributed by atoms with van der Waals surface area (Å²) in [6.07, 6.45) is 0. The Bertz CT molecular complexity index is 142. The van der Waals surface area contributed by atoms with Crippen molar-refractivity contribution in [3.8, 4) is 0 Å². The van der Waals surface area contributed by atoms with E-state index in [1.807, 2.05) is 0 Å². The summed E-state index contributed by atoms with van der Waals surface area (Å²) in [6, 6.07) is 1.97. The Kier molecular flexibility index (Phi) is 5.10. The lowest BCUT2D eigenvalue weighted by Gasteiger charge is -2.53. The molecule has 2 nitrogen and oxygen atoms in total. The van der Waals surface area contributed by atoms with Crippen molar-refractivity contribution in [2.75, 3.05) is 6.61 Å². The second-order valence-electron chi connectivity index (χ2n) is 5.21. The van der Waals surface area contributed by atoms with Gasteiger partial charge in [0.1, 0.15) is 6.04 Å². The first kappa shape index (κ1) is 13.9. The number of hydrogen-bond donors (Lipinski definition) is 1. The van der Waals surface area contributed by atoms with E-state index in [1.54, 1.807) is 0 Å². The SMILES string of the molecule is CC(C)[N+](C(C)C)(C(C)C)C(C)CO. The van der Waals surface area contributed by atoms with Gasteiger partial charge in [0.25, 0.3) is 0 Å². The van der Waals surface area contributed by atoms with E-state index in [9.17, 15) is 5.11 Å². The van der Waals surface area contributed by atoms with Gasteiger partial charge in [-0.05, 0) is 48.5 Å². The van der Waals surface area contributed by atoms with Crippen LogP contribution in [0.2, 0.25) is 0 Å². The molecule has 14 heavy (non-hydrogen) atoms. The van der Waals surface area contributed by atoms with Crippen molar-refractivity contribution < 1.29 is 9.59 Å². The van der Waals surface area contributed by atoms with Crippen molar-refractivity contribution in [2.24, 2.45) is 0 Å². The Labute approximate surface area is 89.5 Å². The zero-order chi connectivity index (χ0) is 11.5. The Balaban J connectivity index is 5.16. The largest absolute Gasteiger partial charge is 0.390 e. The minimum Gasteiger partial charge on any atom is -0.390 e. The first-order valence-electron chi connectivity index (χ1n) is 5.80. The molecule has 0 aromatic carbocycles. The standard InChI is InChI=1S/C12H28NO/c1-9(2)13(10(3)4,11(5)6)12(7)8-14/h9-12,14H,8H2,1-7H3/q+1. The summed E-state index contributed by atoms with van der Waals surface area (Å²) < 4.78 is 0.997. The number of hydrogen-bond acceptors (Lipinski definition) is 1. The fourth-order valence-corrected chi connectivity index (χ4v) is 3.46. The van der Waals surface area contributed by atoms with Crippen molar-refractivity contribution in [3.05, 3.63) is 0 Å². The molecule has 0 aliphatic carbocycles. The van der Waals surface area contributed by atoms with Crippen LogP contribution in [-0.4, -0.2) is 40.4 Å².